The Morgan fingerprint density at radius 2 is 1.94 bits per heavy atom. The highest BCUT2D eigenvalue weighted by Gasteiger charge is 2.19. The normalized spacial score (nSPS) is 26.6. The van der Waals surface area contributed by atoms with Crippen molar-refractivity contribution in [2.75, 3.05) is 24.5 Å². The molecule has 1 aromatic rings. The Morgan fingerprint density at radius 1 is 1.19 bits per heavy atom. The molecule has 1 heterocycles. The minimum absolute atomic E-state index is 0.574. The third kappa shape index (κ3) is 2.56. The standard InChI is InChI=1S/C14H22N2/c1-11-8-15-13(3)10-16(9-11)14-7-5-4-6-12(14)2/h4-7,11,13,15H,8-10H2,1-3H3. The lowest BCUT2D eigenvalue weighted by Gasteiger charge is -2.27. The maximum absolute atomic E-state index is 3.57. The Hall–Kier alpha value is -1.02. The topological polar surface area (TPSA) is 15.3 Å². The largest absolute Gasteiger partial charge is 0.369 e. The molecule has 1 N–H and O–H groups in total. The van der Waals surface area contributed by atoms with E-state index in [0.717, 1.165) is 19.6 Å². The summed E-state index contributed by atoms with van der Waals surface area (Å²) in [5.74, 6) is 0.713. The van der Waals surface area contributed by atoms with Crippen LogP contribution in [0.2, 0.25) is 0 Å². The molecule has 1 aliphatic heterocycles. The summed E-state index contributed by atoms with van der Waals surface area (Å²) in [4.78, 5) is 2.52. The van der Waals surface area contributed by atoms with Gasteiger partial charge in [0, 0.05) is 24.8 Å². The summed E-state index contributed by atoms with van der Waals surface area (Å²) in [6.45, 7) is 10.2. The van der Waals surface area contributed by atoms with E-state index in [2.05, 4.69) is 55.3 Å². The molecular weight excluding hydrogens is 196 g/mol. The molecule has 88 valence electrons. The van der Waals surface area contributed by atoms with Gasteiger partial charge in [0.25, 0.3) is 0 Å². The molecule has 2 unspecified atom stereocenters. The molecule has 1 aromatic carbocycles. The second-order valence-corrected chi connectivity index (χ2v) is 5.11. The van der Waals surface area contributed by atoms with Crippen molar-refractivity contribution in [2.45, 2.75) is 26.8 Å². The van der Waals surface area contributed by atoms with Crippen molar-refractivity contribution in [3.63, 3.8) is 0 Å². The van der Waals surface area contributed by atoms with Gasteiger partial charge in [-0.3, -0.25) is 0 Å². The fourth-order valence-corrected chi connectivity index (χ4v) is 2.43. The number of para-hydroxylation sites is 1. The molecule has 0 radical (unpaired) electrons. The van der Waals surface area contributed by atoms with Crippen LogP contribution in [0.3, 0.4) is 0 Å². The molecule has 0 aromatic heterocycles. The molecule has 1 fully saturated rings. The van der Waals surface area contributed by atoms with Gasteiger partial charge in [0.2, 0.25) is 0 Å². The number of benzene rings is 1. The molecule has 0 saturated carbocycles. The van der Waals surface area contributed by atoms with Gasteiger partial charge in [0.05, 0.1) is 0 Å². The average molecular weight is 218 g/mol. The molecule has 2 nitrogen and oxygen atoms in total. The van der Waals surface area contributed by atoms with Crippen LogP contribution in [0.25, 0.3) is 0 Å². The summed E-state index contributed by atoms with van der Waals surface area (Å²) >= 11 is 0. The maximum Gasteiger partial charge on any atom is 0.0396 e. The zero-order valence-electron chi connectivity index (χ0n) is 10.5. The summed E-state index contributed by atoms with van der Waals surface area (Å²) in [5, 5.41) is 3.57. The predicted octanol–water partition coefficient (Wildman–Crippen LogP) is 2.43. The fraction of sp³-hybridized carbons (Fsp3) is 0.571. The van der Waals surface area contributed by atoms with Gasteiger partial charge >= 0.3 is 0 Å². The molecule has 16 heavy (non-hydrogen) atoms. The highest BCUT2D eigenvalue weighted by molar-refractivity contribution is 5.53. The minimum atomic E-state index is 0.574. The van der Waals surface area contributed by atoms with E-state index in [0.29, 0.717) is 12.0 Å². The van der Waals surface area contributed by atoms with E-state index in [1.54, 1.807) is 0 Å². The average Bonchev–Trinajstić information content (AvgIpc) is 2.41. The number of hydrogen-bond acceptors (Lipinski definition) is 2. The Balaban J connectivity index is 2.21. The molecule has 0 aliphatic carbocycles. The SMILES string of the molecule is Cc1ccccc1N1CC(C)CNC(C)C1. The van der Waals surface area contributed by atoms with Crippen molar-refractivity contribution in [2.24, 2.45) is 5.92 Å². The van der Waals surface area contributed by atoms with Crippen LogP contribution in [0.5, 0.6) is 0 Å². The maximum atomic E-state index is 3.57. The second kappa shape index (κ2) is 4.88. The van der Waals surface area contributed by atoms with Crippen molar-refractivity contribution < 1.29 is 0 Å². The monoisotopic (exact) mass is 218 g/mol. The van der Waals surface area contributed by atoms with Crippen LogP contribution >= 0.6 is 0 Å². The zero-order chi connectivity index (χ0) is 11.5. The van der Waals surface area contributed by atoms with Crippen LogP contribution in [-0.4, -0.2) is 25.7 Å². The number of aryl methyl sites for hydroxylation is 1. The highest BCUT2D eigenvalue weighted by Crippen LogP contribution is 2.21. The van der Waals surface area contributed by atoms with E-state index in [1.165, 1.54) is 11.3 Å². The van der Waals surface area contributed by atoms with E-state index < -0.39 is 0 Å². The first-order valence-electron chi connectivity index (χ1n) is 6.21. The molecule has 2 rings (SSSR count). The number of nitrogens with zero attached hydrogens (tertiary/aromatic N) is 1. The van der Waals surface area contributed by atoms with E-state index in [-0.39, 0.29) is 0 Å². The lowest BCUT2D eigenvalue weighted by atomic mass is 10.1. The Labute approximate surface area is 98.7 Å². The van der Waals surface area contributed by atoms with E-state index >= 15 is 0 Å². The van der Waals surface area contributed by atoms with E-state index in [4.69, 9.17) is 0 Å². The van der Waals surface area contributed by atoms with Gasteiger partial charge in [0.15, 0.2) is 0 Å². The first kappa shape index (κ1) is 11.5. The summed E-state index contributed by atoms with van der Waals surface area (Å²) in [5.41, 5.74) is 2.77. The number of nitrogens with one attached hydrogen (secondary N) is 1. The lowest BCUT2D eigenvalue weighted by Crippen LogP contribution is -2.35. The predicted molar refractivity (Wildman–Crippen MR) is 70.0 cm³/mol. The minimum Gasteiger partial charge on any atom is -0.369 e. The van der Waals surface area contributed by atoms with E-state index in [9.17, 15) is 0 Å². The van der Waals surface area contributed by atoms with Crippen molar-refractivity contribution in [3.05, 3.63) is 29.8 Å². The van der Waals surface area contributed by atoms with Crippen molar-refractivity contribution >= 4 is 5.69 Å². The summed E-state index contributed by atoms with van der Waals surface area (Å²) in [6, 6.07) is 9.26. The third-order valence-corrected chi connectivity index (χ3v) is 3.30. The van der Waals surface area contributed by atoms with Gasteiger partial charge in [0.1, 0.15) is 0 Å². The Bertz CT molecular complexity index is 336. The van der Waals surface area contributed by atoms with Crippen LogP contribution in [0, 0.1) is 12.8 Å². The molecule has 2 atom stereocenters. The molecular formula is C14H22N2. The van der Waals surface area contributed by atoms with Crippen molar-refractivity contribution in [3.8, 4) is 0 Å². The van der Waals surface area contributed by atoms with Crippen molar-refractivity contribution in [1.29, 1.82) is 0 Å². The summed E-state index contributed by atoms with van der Waals surface area (Å²) < 4.78 is 0. The second-order valence-electron chi connectivity index (χ2n) is 5.11. The highest BCUT2D eigenvalue weighted by atomic mass is 15.2. The van der Waals surface area contributed by atoms with Crippen LogP contribution < -0.4 is 10.2 Å². The molecule has 1 aliphatic rings. The third-order valence-electron chi connectivity index (χ3n) is 3.30. The van der Waals surface area contributed by atoms with Gasteiger partial charge < -0.3 is 10.2 Å². The van der Waals surface area contributed by atoms with Crippen molar-refractivity contribution in [1.82, 2.24) is 5.32 Å². The Morgan fingerprint density at radius 3 is 2.69 bits per heavy atom. The summed E-state index contributed by atoms with van der Waals surface area (Å²) in [6.07, 6.45) is 0. The number of anilines is 1. The molecule has 0 bridgehead atoms. The molecule has 0 amide bonds. The first-order chi connectivity index (χ1) is 7.66. The molecule has 1 saturated heterocycles. The summed E-state index contributed by atoms with van der Waals surface area (Å²) in [7, 11) is 0. The van der Waals surface area contributed by atoms with Crippen LogP contribution in [0.1, 0.15) is 19.4 Å². The van der Waals surface area contributed by atoms with Crippen LogP contribution in [-0.2, 0) is 0 Å². The van der Waals surface area contributed by atoms with Gasteiger partial charge in [-0.1, -0.05) is 25.1 Å². The zero-order valence-corrected chi connectivity index (χ0v) is 10.5. The van der Waals surface area contributed by atoms with Crippen LogP contribution in [0.15, 0.2) is 24.3 Å². The van der Waals surface area contributed by atoms with Gasteiger partial charge in [-0.15, -0.1) is 0 Å². The van der Waals surface area contributed by atoms with Gasteiger partial charge in [-0.25, -0.2) is 0 Å². The molecule has 2 heteroatoms. The fourth-order valence-electron chi connectivity index (χ4n) is 2.43. The lowest BCUT2D eigenvalue weighted by molar-refractivity contribution is 0.525. The Kier molecular flexibility index (Phi) is 3.49. The smallest absolute Gasteiger partial charge is 0.0396 e. The van der Waals surface area contributed by atoms with Gasteiger partial charge in [-0.05, 0) is 37.9 Å². The van der Waals surface area contributed by atoms with E-state index in [1.807, 2.05) is 0 Å². The van der Waals surface area contributed by atoms with Crippen LogP contribution in [0.4, 0.5) is 5.69 Å². The quantitative estimate of drug-likeness (QED) is 0.779. The number of hydrogen-bond donors (Lipinski definition) is 1. The number of rotatable bonds is 1. The first-order valence-corrected chi connectivity index (χ1v) is 6.21. The van der Waals surface area contributed by atoms with Gasteiger partial charge in [-0.2, -0.15) is 0 Å². The molecule has 0 spiro atoms.